The first kappa shape index (κ1) is 15.6. The molecule has 0 spiro atoms. The number of rotatable bonds is 4. The van der Waals surface area contributed by atoms with Crippen molar-refractivity contribution in [3.8, 4) is 0 Å². The van der Waals surface area contributed by atoms with Crippen LogP contribution in [0.3, 0.4) is 0 Å². The van der Waals surface area contributed by atoms with Crippen LogP contribution in [0.1, 0.15) is 40.4 Å². The molecule has 1 aromatic heterocycles. The highest BCUT2D eigenvalue weighted by atomic mass is 35.5. The Bertz CT molecular complexity index is 591. The van der Waals surface area contributed by atoms with E-state index in [-0.39, 0.29) is 24.4 Å². The topological polar surface area (TPSA) is 68.3 Å². The SMILES string of the molecule is Cl.NCc1cc(C(=O)NC2CC(c3ccccc3)C2)co1. The number of hydrogen-bond acceptors (Lipinski definition) is 3. The molecule has 112 valence electrons. The maximum Gasteiger partial charge on any atom is 0.254 e. The Morgan fingerprint density at radius 3 is 2.62 bits per heavy atom. The Balaban J connectivity index is 0.00000161. The molecule has 1 heterocycles. The summed E-state index contributed by atoms with van der Waals surface area (Å²) < 4.78 is 5.17. The molecule has 0 radical (unpaired) electrons. The third kappa shape index (κ3) is 3.46. The summed E-state index contributed by atoms with van der Waals surface area (Å²) in [6.45, 7) is 0.312. The van der Waals surface area contributed by atoms with Crippen molar-refractivity contribution in [2.24, 2.45) is 5.73 Å². The van der Waals surface area contributed by atoms with Crippen molar-refractivity contribution >= 4 is 18.3 Å². The van der Waals surface area contributed by atoms with Gasteiger partial charge in [-0.15, -0.1) is 12.4 Å². The van der Waals surface area contributed by atoms with Crippen LogP contribution in [-0.4, -0.2) is 11.9 Å². The van der Waals surface area contributed by atoms with Crippen LogP contribution >= 0.6 is 12.4 Å². The number of hydrogen-bond donors (Lipinski definition) is 2. The van der Waals surface area contributed by atoms with E-state index in [4.69, 9.17) is 10.2 Å². The number of amides is 1. The predicted octanol–water partition coefficient (Wildman–Crippen LogP) is 2.84. The zero-order valence-corrected chi connectivity index (χ0v) is 12.4. The zero-order valence-electron chi connectivity index (χ0n) is 11.6. The second-order valence-corrected chi connectivity index (χ2v) is 5.26. The fourth-order valence-corrected chi connectivity index (χ4v) is 2.61. The summed E-state index contributed by atoms with van der Waals surface area (Å²) in [5.41, 5.74) is 7.36. The number of nitrogens with two attached hydrogens (primary N) is 1. The minimum absolute atomic E-state index is 0. The lowest BCUT2D eigenvalue weighted by Gasteiger charge is -2.36. The van der Waals surface area contributed by atoms with E-state index in [0.29, 0.717) is 23.8 Å². The first-order valence-electron chi connectivity index (χ1n) is 6.89. The van der Waals surface area contributed by atoms with Gasteiger partial charge in [-0.1, -0.05) is 30.3 Å². The summed E-state index contributed by atoms with van der Waals surface area (Å²) in [6, 6.07) is 12.4. The molecule has 1 fully saturated rings. The molecule has 1 amide bonds. The minimum atomic E-state index is -0.0787. The van der Waals surface area contributed by atoms with Crippen LogP contribution in [0, 0.1) is 0 Å². The molecule has 1 aliphatic rings. The number of carbonyl (C=O) groups excluding carboxylic acids is 1. The van der Waals surface area contributed by atoms with E-state index in [1.807, 2.05) is 6.07 Å². The molecular formula is C16H19ClN2O2. The van der Waals surface area contributed by atoms with E-state index in [2.05, 4.69) is 29.6 Å². The molecular weight excluding hydrogens is 288 g/mol. The molecule has 1 saturated carbocycles. The van der Waals surface area contributed by atoms with Gasteiger partial charge in [0.25, 0.3) is 5.91 Å². The standard InChI is InChI=1S/C16H18N2O2.ClH/c17-9-15-8-13(10-20-15)16(19)18-14-6-12(7-14)11-4-2-1-3-5-11;/h1-5,8,10,12,14H,6-7,9,17H2,(H,18,19);1H. The Hall–Kier alpha value is -1.78. The van der Waals surface area contributed by atoms with Crippen molar-refractivity contribution in [3.63, 3.8) is 0 Å². The lowest BCUT2D eigenvalue weighted by atomic mass is 9.76. The summed E-state index contributed by atoms with van der Waals surface area (Å²) in [7, 11) is 0. The fraction of sp³-hybridized carbons (Fsp3) is 0.312. The molecule has 0 unspecified atom stereocenters. The largest absolute Gasteiger partial charge is 0.467 e. The van der Waals surface area contributed by atoms with E-state index in [1.165, 1.54) is 11.8 Å². The van der Waals surface area contributed by atoms with Crippen LogP contribution in [0.25, 0.3) is 0 Å². The van der Waals surface area contributed by atoms with Crippen LogP contribution in [0.15, 0.2) is 47.1 Å². The lowest BCUT2D eigenvalue weighted by molar-refractivity contribution is 0.0908. The summed E-state index contributed by atoms with van der Waals surface area (Å²) in [5, 5.41) is 3.03. The number of carbonyl (C=O) groups is 1. The van der Waals surface area contributed by atoms with Crippen molar-refractivity contribution < 1.29 is 9.21 Å². The summed E-state index contributed by atoms with van der Waals surface area (Å²) in [5.74, 6) is 1.11. The van der Waals surface area contributed by atoms with Gasteiger partial charge in [0.2, 0.25) is 0 Å². The van der Waals surface area contributed by atoms with Gasteiger partial charge in [0.15, 0.2) is 0 Å². The molecule has 21 heavy (non-hydrogen) atoms. The number of benzene rings is 1. The maximum atomic E-state index is 12.0. The minimum Gasteiger partial charge on any atom is -0.467 e. The first-order valence-corrected chi connectivity index (χ1v) is 6.89. The second kappa shape index (κ2) is 6.78. The summed E-state index contributed by atoms with van der Waals surface area (Å²) in [4.78, 5) is 12.0. The first-order chi connectivity index (χ1) is 9.76. The highest BCUT2D eigenvalue weighted by molar-refractivity contribution is 5.94. The molecule has 4 nitrogen and oxygen atoms in total. The number of halogens is 1. The van der Waals surface area contributed by atoms with Crippen LogP contribution in [0.4, 0.5) is 0 Å². The van der Waals surface area contributed by atoms with Crippen molar-refractivity contribution in [3.05, 3.63) is 59.5 Å². The van der Waals surface area contributed by atoms with Crippen molar-refractivity contribution in [1.29, 1.82) is 0 Å². The van der Waals surface area contributed by atoms with Gasteiger partial charge in [-0.2, -0.15) is 0 Å². The van der Waals surface area contributed by atoms with Gasteiger partial charge in [-0.05, 0) is 30.4 Å². The molecule has 1 aliphatic carbocycles. The third-order valence-electron chi connectivity index (χ3n) is 3.86. The van der Waals surface area contributed by atoms with Crippen LogP contribution in [0.2, 0.25) is 0 Å². The van der Waals surface area contributed by atoms with Gasteiger partial charge in [-0.25, -0.2) is 0 Å². The van der Waals surface area contributed by atoms with Gasteiger partial charge in [0.1, 0.15) is 12.0 Å². The van der Waals surface area contributed by atoms with Gasteiger partial charge in [0, 0.05) is 6.04 Å². The van der Waals surface area contributed by atoms with Gasteiger partial charge in [-0.3, -0.25) is 4.79 Å². The zero-order chi connectivity index (χ0) is 13.9. The highest BCUT2D eigenvalue weighted by Gasteiger charge is 2.31. The normalized spacial score (nSPS) is 20.2. The molecule has 2 aromatic rings. The fourth-order valence-electron chi connectivity index (χ4n) is 2.61. The van der Waals surface area contributed by atoms with E-state index >= 15 is 0 Å². The number of furan rings is 1. The number of nitrogens with one attached hydrogen (secondary N) is 1. The van der Waals surface area contributed by atoms with Crippen LogP contribution in [0.5, 0.6) is 0 Å². The monoisotopic (exact) mass is 306 g/mol. The highest BCUT2D eigenvalue weighted by Crippen LogP contribution is 2.36. The van der Waals surface area contributed by atoms with Crippen LogP contribution < -0.4 is 11.1 Å². The van der Waals surface area contributed by atoms with Gasteiger partial charge < -0.3 is 15.5 Å². The molecule has 3 N–H and O–H groups in total. The van der Waals surface area contributed by atoms with Gasteiger partial charge in [0.05, 0.1) is 12.1 Å². The molecule has 0 bridgehead atoms. The quantitative estimate of drug-likeness (QED) is 0.912. The molecule has 1 aromatic carbocycles. The van der Waals surface area contributed by atoms with Gasteiger partial charge >= 0.3 is 0 Å². The Morgan fingerprint density at radius 2 is 2.00 bits per heavy atom. The average Bonchev–Trinajstić information content (AvgIpc) is 2.92. The van der Waals surface area contributed by atoms with E-state index in [1.54, 1.807) is 6.07 Å². The molecule has 0 aliphatic heterocycles. The van der Waals surface area contributed by atoms with Crippen molar-refractivity contribution in [2.45, 2.75) is 31.3 Å². The van der Waals surface area contributed by atoms with Crippen molar-refractivity contribution in [2.75, 3.05) is 0 Å². The van der Waals surface area contributed by atoms with Crippen molar-refractivity contribution in [1.82, 2.24) is 5.32 Å². The Morgan fingerprint density at radius 1 is 1.29 bits per heavy atom. The van der Waals surface area contributed by atoms with E-state index in [0.717, 1.165) is 12.8 Å². The molecule has 3 rings (SSSR count). The van der Waals surface area contributed by atoms with E-state index < -0.39 is 0 Å². The Labute approximate surface area is 130 Å². The van der Waals surface area contributed by atoms with E-state index in [9.17, 15) is 4.79 Å². The molecule has 0 saturated heterocycles. The summed E-state index contributed by atoms with van der Waals surface area (Å²) in [6.07, 6.45) is 3.46. The smallest absolute Gasteiger partial charge is 0.254 e. The maximum absolute atomic E-state index is 12.0. The summed E-state index contributed by atoms with van der Waals surface area (Å²) >= 11 is 0. The second-order valence-electron chi connectivity index (χ2n) is 5.26. The average molecular weight is 307 g/mol. The van der Waals surface area contributed by atoms with Crippen LogP contribution in [-0.2, 0) is 6.54 Å². The lowest BCUT2D eigenvalue weighted by Crippen LogP contribution is -2.43. The third-order valence-corrected chi connectivity index (χ3v) is 3.86. The molecule has 5 heteroatoms. The predicted molar refractivity (Wildman–Crippen MR) is 83.5 cm³/mol. The Kier molecular flexibility index (Phi) is 5.04. The molecule has 0 atom stereocenters.